The second-order valence-electron chi connectivity index (χ2n) is 6.50. The molecular weight excluding hydrogens is 388 g/mol. The lowest BCUT2D eigenvalue weighted by molar-refractivity contribution is -0.121. The highest BCUT2D eigenvalue weighted by Crippen LogP contribution is 2.33. The molecule has 7 heteroatoms. The van der Waals surface area contributed by atoms with Gasteiger partial charge in [0.2, 0.25) is 0 Å². The van der Waals surface area contributed by atoms with Crippen LogP contribution in [0.15, 0.2) is 58.4 Å². The molecule has 150 valence electrons. The number of ether oxygens (including phenoxy) is 1. The molecule has 0 aliphatic carbocycles. The van der Waals surface area contributed by atoms with Gasteiger partial charge in [0.15, 0.2) is 5.17 Å². The van der Waals surface area contributed by atoms with Crippen LogP contribution in [0.2, 0.25) is 0 Å². The summed E-state index contributed by atoms with van der Waals surface area (Å²) < 4.78 is 5.73. The highest BCUT2D eigenvalue weighted by atomic mass is 32.2. The molecular formula is C22H22N2O4S. The minimum absolute atomic E-state index is 0.152. The van der Waals surface area contributed by atoms with Crippen LogP contribution in [-0.2, 0) is 4.79 Å². The summed E-state index contributed by atoms with van der Waals surface area (Å²) >= 11 is 1.26. The van der Waals surface area contributed by atoms with E-state index < -0.39 is 5.97 Å². The van der Waals surface area contributed by atoms with E-state index in [1.165, 1.54) is 28.8 Å². The van der Waals surface area contributed by atoms with Crippen molar-refractivity contribution in [1.82, 2.24) is 4.90 Å². The molecule has 1 saturated heterocycles. The molecule has 1 heterocycles. The molecule has 1 amide bonds. The van der Waals surface area contributed by atoms with E-state index in [0.29, 0.717) is 22.4 Å². The molecule has 2 aromatic carbocycles. The van der Waals surface area contributed by atoms with E-state index in [1.54, 1.807) is 19.2 Å². The van der Waals surface area contributed by atoms with Gasteiger partial charge in [-0.05, 0) is 60.2 Å². The van der Waals surface area contributed by atoms with Crippen LogP contribution >= 0.6 is 11.8 Å². The monoisotopic (exact) mass is 410 g/mol. The molecule has 0 radical (unpaired) electrons. The summed E-state index contributed by atoms with van der Waals surface area (Å²) in [6, 6.07) is 13.9. The van der Waals surface area contributed by atoms with E-state index in [4.69, 9.17) is 9.84 Å². The smallest absolute Gasteiger partial charge is 0.335 e. The van der Waals surface area contributed by atoms with Crippen molar-refractivity contribution in [1.29, 1.82) is 0 Å². The SMILES string of the molecule is CCCCOc1cccc(/C=C2/SC(=Nc3cccc(C(=O)O)c3)N(C)C2=O)c1. The number of hydrogen-bond acceptors (Lipinski definition) is 5. The Hall–Kier alpha value is -3.06. The van der Waals surface area contributed by atoms with Crippen LogP contribution in [0.4, 0.5) is 5.69 Å². The number of amides is 1. The Labute approximate surface area is 173 Å². The van der Waals surface area contributed by atoms with Crippen LogP contribution in [0.3, 0.4) is 0 Å². The second kappa shape index (κ2) is 9.43. The summed E-state index contributed by atoms with van der Waals surface area (Å²) in [6.07, 6.45) is 3.87. The van der Waals surface area contributed by atoms with Gasteiger partial charge >= 0.3 is 5.97 Å². The van der Waals surface area contributed by atoms with E-state index in [-0.39, 0.29) is 11.5 Å². The molecule has 0 saturated carbocycles. The Balaban J connectivity index is 1.80. The summed E-state index contributed by atoms with van der Waals surface area (Å²) in [4.78, 5) is 30.2. The van der Waals surface area contributed by atoms with Crippen LogP contribution < -0.4 is 4.74 Å². The van der Waals surface area contributed by atoms with Crippen LogP contribution in [0, 0.1) is 0 Å². The largest absolute Gasteiger partial charge is 0.494 e. The average Bonchev–Trinajstić information content (AvgIpc) is 2.96. The molecule has 0 atom stereocenters. The zero-order valence-corrected chi connectivity index (χ0v) is 17.1. The van der Waals surface area contributed by atoms with E-state index in [2.05, 4.69) is 11.9 Å². The maximum absolute atomic E-state index is 12.6. The highest BCUT2D eigenvalue weighted by molar-refractivity contribution is 8.18. The number of amidine groups is 1. The fourth-order valence-electron chi connectivity index (χ4n) is 2.65. The Morgan fingerprint density at radius 1 is 1.24 bits per heavy atom. The lowest BCUT2D eigenvalue weighted by Gasteiger charge is -2.07. The summed E-state index contributed by atoms with van der Waals surface area (Å²) in [5.74, 6) is -0.395. The Bertz CT molecular complexity index is 984. The zero-order chi connectivity index (χ0) is 20.8. The molecule has 1 fully saturated rings. The van der Waals surface area contributed by atoms with Crippen molar-refractivity contribution < 1.29 is 19.4 Å². The third-order valence-corrected chi connectivity index (χ3v) is 5.30. The number of hydrogen-bond donors (Lipinski definition) is 1. The summed E-state index contributed by atoms with van der Waals surface area (Å²) in [6.45, 7) is 2.78. The summed E-state index contributed by atoms with van der Waals surface area (Å²) in [5.41, 5.74) is 1.51. The number of carbonyl (C=O) groups excluding carboxylic acids is 1. The van der Waals surface area contributed by atoms with Gasteiger partial charge < -0.3 is 9.84 Å². The number of carboxylic acids is 1. The molecule has 0 bridgehead atoms. The van der Waals surface area contributed by atoms with Crippen LogP contribution in [0.1, 0.15) is 35.7 Å². The number of aliphatic imine (C=N–C) groups is 1. The quantitative estimate of drug-likeness (QED) is 0.524. The Morgan fingerprint density at radius 2 is 2.03 bits per heavy atom. The molecule has 0 aromatic heterocycles. The first-order chi connectivity index (χ1) is 14.0. The van der Waals surface area contributed by atoms with Crippen LogP contribution in [0.25, 0.3) is 6.08 Å². The minimum Gasteiger partial charge on any atom is -0.494 e. The van der Waals surface area contributed by atoms with Gasteiger partial charge in [0.05, 0.1) is 22.8 Å². The van der Waals surface area contributed by atoms with Gasteiger partial charge in [-0.2, -0.15) is 0 Å². The van der Waals surface area contributed by atoms with Gasteiger partial charge in [0.1, 0.15) is 5.75 Å². The number of aromatic carboxylic acids is 1. The summed E-state index contributed by atoms with van der Waals surface area (Å²) in [7, 11) is 1.65. The molecule has 1 N–H and O–H groups in total. The second-order valence-corrected chi connectivity index (χ2v) is 7.51. The lowest BCUT2D eigenvalue weighted by atomic mass is 10.2. The third kappa shape index (κ3) is 5.26. The van der Waals surface area contributed by atoms with Gasteiger partial charge in [0, 0.05) is 7.05 Å². The fourth-order valence-corrected chi connectivity index (χ4v) is 3.64. The maximum atomic E-state index is 12.6. The third-order valence-electron chi connectivity index (χ3n) is 4.24. The normalized spacial score (nSPS) is 16.6. The van der Waals surface area contributed by atoms with Crippen LogP contribution in [-0.4, -0.2) is 40.7 Å². The van der Waals surface area contributed by atoms with Crippen molar-refractivity contribution in [2.75, 3.05) is 13.7 Å². The van der Waals surface area contributed by atoms with E-state index in [9.17, 15) is 9.59 Å². The molecule has 1 aliphatic heterocycles. The highest BCUT2D eigenvalue weighted by Gasteiger charge is 2.30. The summed E-state index contributed by atoms with van der Waals surface area (Å²) in [5, 5.41) is 9.62. The number of likely N-dealkylation sites (N-methyl/N-ethyl adjacent to an activating group) is 1. The van der Waals surface area contributed by atoms with Crippen molar-refractivity contribution in [3.8, 4) is 5.75 Å². The molecule has 6 nitrogen and oxygen atoms in total. The first-order valence-electron chi connectivity index (χ1n) is 9.30. The van der Waals surface area contributed by atoms with Crippen molar-refractivity contribution >= 4 is 40.6 Å². The van der Waals surface area contributed by atoms with Crippen molar-refractivity contribution in [2.45, 2.75) is 19.8 Å². The van der Waals surface area contributed by atoms with Crippen LogP contribution in [0.5, 0.6) is 5.75 Å². The number of carbonyl (C=O) groups is 2. The molecule has 2 aromatic rings. The number of rotatable bonds is 7. The number of thioether (sulfide) groups is 1. The maximum Gasteiger partial charge on any atom is 0.335 e. The molecule has 0 spiro atoms. The van der Waals surface area contributed by atoms with E-state index in [1.807, 2.05) is 30.3 Å². The van der Waals surface area contributed by atoms with Gasteiger partial charge in [-0.15, -0.1) is 0 Å². The number of benzene rings is 2. The standard InChI is InChI=1S/C22H22N2O4S/c1-3-4-11-28-18-10-5-7-15(12-18)13-19-20(25)24(2)22(29-19)23-17-9-6-8-16(14-17)21(26)27/h5-10,12-14H,3-4,11H2,1-2H3,(H,26,27)/b19-13+,23-22?. The first-order valence-corrected chi connectivity index (χ1v) is 10.1. The van der Waals surface area contributed by atoms with Gasteiger partial charge in [-0.25, -0.2) is 9.79 Å². The lowest BCUT2D eigenvalue weighted by Crippen LogP contribution is -2.23. The Morgan fingerprint density at radius 3 is 2.79 bits per heavy atom. The van der Waals surface area contributed by atoms with E-state index in [0.717, 1.165) is 24.2 Å². The van der Waals surface area contributed by atoms with Crippen molar-refractivity contribution in [2.24, 2.45) is 4.99 Å². The number of nitrogens with zero attached hydrogens (tertiary/aromatic N) is 2. The Kier molecular flexibility index (Phi) is 6.72. The average molecular weight is 410 g/mol. The number of carboxylic acid groups (broad SMARTS) is 1. The molecule has 29 heavy (non-hydrogen) atoms. The van der Waals surface area contributed by atoms with Gasteiger partial charge in [-0.3, -0.25) is 9.69 Å². The van der Waals surface area contributed by atoms with Gasteiger partial charge in [0.25, 0.3) is 5.91 Å². The zero-order valence-electron chi connectivity index (χ0n) is 16.3. The number of unbranched alkanes of at least 4 members (excludes halogenated alkanes) is 1. The minimum atomic E-state index is -1.02. The molecule has 0 unspecified atom stereocenters. The molecule has 3 rings (SSSR count). The topological polar surface area (TPSA) is 79.2 Å². The van der Waals surface area contributed by atoms with Crippen molar-refractivity contribution in [3.63, 3.8) is 0 Å². The fraction of sp³-hybridized carbons (Fsp3) is 0.227. The first kappa shape index (κ1) is 20.7. The van der Waals surface area contributed by atoms with E-state index >= 15 is 0 Å². The molecule has 1 aliphatic rings. The van der Waals surface area contributed by atoms with Gasteiger partial charge in [-0.1, -0.05) is 31.5 Å². The van der Waals surface area contributed by atoms with Crippen molar-refractivity contribution in [3.05, 3.63) is 64.6 Å². The predicted octanol–water partition coefficient (Wildman–Crippen LogP) is 4.80. The predicted molar refractivity (Wildman–Crippen MR) is 116 cm³/mol.